The van der Waals surface area contributed by atoms with E-state index in [-0.39, 0.29) is 5.56 Å². The Morgan fingerprint density at radius 2 is 2.00 bits per heavy atom. The largest absolute Gasteiger partial charge is 0.569 e. The Hall–Kier alpha value is -2.25. The summed E-state index contributed by atoms with van der Waals surface area (Å²) in [6.07, 6.45) is 4.60. The van der Waals surface area contributed by atoms with Crippen LogP contribution in [-0.4, -0.2) is 16.7 Å². The van der Waals surface area contributed by atoms with Crippen molar-refractivity contribution in [3.05, 3.63) is 58.4 Å². The second-order valence-electron chi connectivity index (χ2n) is 6.48. The van der Waals surface area contributed by atoms with Gasteiger partial charge in [-0.1, -0.05) is 36.5 Å². The minimum Gasteiger partial charge on any atom is -0.537 e. The fourth-order valence-corrected chi connectivity index (χ4v) is 4.60. The molecule has 5 nitrogen and oxygen atoms in total. The molecular formula is C19H19BNO4S. The zero-order chi connectivity index (χ0) is 17.9. The molecule has 0 aliphatic heterocycles. The average molecular weight is 368 g/mol. The van der Waals surface area contributed by atoms with Gasteiger partial charge in [-0.15, -0.1) is 0 Å². The van der Waals surface area contributed by atoms with Crippen LogP contribution in [0.3, 0.4) is 0 Å². The van der Waals surface area contributed by atoms with Crippen molar-refractivity contribution in [3.8, 4) is 11.5 Å². The Morgan fingerprint density at radius 1 is 1.15 bits per heavy atom. The lowest BCUT2D eigenvalue weighted by atomic mass is 10.2. The predicted molar refractivity (Wildman–Crippen MR) is 103 cm³/mol. The topological polar surface area (TPSA) is 60.7 Å². The van der Waals surface area contributed by atoms with Gasteiger partial charge in [0, 0.05) is 6.04 Å². The van der Waals surface area contributed by atoms with E-state index in [9.17, 15) is 4.79 Å². The Morgan fingerprint density at radius 3 is 2.81 bits per heavy atom. The first kappa shape index (κ1) is 17.2. The molecule has 1 saturated carbocycles. The van der Waals surface area contributed by atoms with Crippen LogP contribution in [-0.2, 0) is 6.61 Å². The van der Waals surface area contributed by atoms with Gasteiger partial charge in [-0.05, 0) is 48.7 Å². The van der Waals surface area contributed by atoms with Crippen molar-refractivity contribution in [2.45, 2.75) is 38.3 Å². The van der Waals surface area contributed by atoms with Gasteiger partial charge in [-0.3, -0.25) is 8.75 Å². The van der Waals surface area contributed by atoms with E-state index in [0.29, 0.717) is 26.1 Å². The summed E-state index contributed by atoms with van der Waals surface area (Å²) >= 11 is 1.54. The van der Waals surface area contributed by atoms with E-state index in [1.54, 1.807) is 12.1 Å². The number of aromatic nitrogens is 1. The zero-order valence-electron chi connectivity index (χ0n) is 14.3. The van der Waals surface area contributed by atoms with Crippen LogP contribution >= 0.6 is 11.5 Å². The van der Waals surface area contributed by atoms with Crippen molar-refractivity contribution in [1.29, 1.82) is 0 Å². The zero-order valence-corrected chi connectivity index (χ0v) is 15.1. The van der Waals surface area contributed by atoms with Crippen molar-refractivity contribution in [3.63, 3.8) is 0 Å². The van der Waals surface area contributed by atoms with E-state index >= 15 is 0 Å². The maximum atomic E-state index is 12.6. The van der Waals surface area contributed by atoms with E-state index in [0.717, 1.165) is 34.2 Å². The molecule has 133 valence electrons. The van der Waals surface area contributed by atoms with Gasteiger partial charge in [0.15, 0.2) is 0 Å². The van der Waals surface area contributed by atoms with E-state index in [4.69, 9.17) is 14.4 Å². The summed E-state index contributed by atoms with van der Waals surface area (Å²) in [5.41, 5.74) is 1.05. The maximum Gasteiger partial charge on any atom is 0.569 e. The summed E-state index contributed by atoms with van der Waals surface area (Å²) in [6.45, 7) is 0.381. The Bertz CT molecular complexity index is 962. The lowest BCUT2D eigenvalue weighted by Gasteiger charge is -2.08. The summed E-state index contributed by atoms with van der Waals surface area (Å²) in [5, 5.41) is 9.48. The summed E-state index contributed by atoms with van der Waals surface area (Å²) in [7, 11) is 0.658. The number of nitrogens with zero attached hydrogens (tertiary/aromatic N) is 1. The van der Waals surface area contributed by atoms with Crippen LogP contribution in [0.2, 0.25) is 0 Å². The maximum absolute atomic E-state index is 12.6. The van der Waals surface area contributed by atoms with Crippen molar-refractivity contribution >= 4 is 29.3 Å². The predicted octanol–water partition coefficient (Wildman–Crippen LogP) is 3.66. The summed E-state index contributed by atoms with van der Waals surface area (Å²) in [4.78, 5) is 12.6. The van der Waals surface area contributed by atoms with Gasteiger partial charge >= 0.3 is 7.69 Å². The molecule has 3 aromatic rings. The molecule has 0 spiro atoms. The molecule has 0 bridgehead atoms. The number of benzene rings is 2. The molecule has 26 heavy (non-hydrogen) atoms. The molecule has 0 atom stereocenters. The highest BCUT2D eigenvalue weighted by molar-refractivity contribution is 7.13. The second kappa shape index (κ2) is 7.56. The number of hydrogen-bond donors (Lipinski definition) is 1. The van der Waals surface area contributed by atoms with Crippen LogP contribution < -0.4 is 15.0 Å². The fraction of sp³-hybridized carbons (Fsp3) is 0.316. The number of fused-ring (bicyclic) bond motifs is 1. The third kappa shape index (κ3) is 3.50. The molecule has 1 aliphatic rings. The molecular weight excluding hydrogens is 349 g/mol. The smallest absolute Gasteiger partial charge is 0.537 e. The molecule has 1 heterocycles. The molecule has 0 saturated heterocycles. The number of ether oxygens (including phenoxy) is 1. The monoisotopic (exact) mass is 368 g/mol. The minimum absolute atomic E-state index is 0.119. The molecule has 1 aromatic heterocycles. The molecule has 1 fully saturated rings. The standard InChI is InChI=1S/C19H19BNO4S/c22-19-17-9-8-15(11-18(17)26-21(19)14-5-1-2-6-14)24-12-13-4-3-7-16(10-13)25-20-23/h3-4,7-11,14,23H,1-2,5-6,12H2. The van der Waals surface area contributed by atoms with Gasteiger partial charge in [0.2, 0.25) is 0 Å². The fourth-order valence-electron chi connectivity index (χ4n) is 3.43. The molecule has 1 radical (unpaired) electrons. The van der Waals surface area contributed by atoms with Crippen molar-refractivity contribution < 1.29 is 14.4 Å². The Kier molecular flexibility index (Phi) is 4.99. The third-order valence-electron chi connectivity index (χ3n) is 4.73. The molecule has 7 heteroatoms. The quantitative estimate of drug-likeness (QED) is 0.675. The van der Waals surface area contributed by atoms with Crippen LogP contribution in [0.1, 0.15) is 37.3 Å². The van der Waals surface area contributed by atoms with Gasteiger partial charge in [0.25, 0.3) is 5.56 Å². The Labute approximate surface area is 156 Å². The molecule has 1 N–H and O–H groups in total. The number of rotatable bonds is 6. The van der Waals surface area contributed by atoms with Gasteiger partial charge in [0.1, 0.15) is 18.1 Å². The van der Waals surface area contributed by atoms with Gasteiger partial charge in [-0.2, -0.15) is 0 Å². The van der Waals surface area contributed by atoms with Gasteiger partial charge in [0.05, 0.1) is 10.1 Å². The van der Waals surface area contributed by atoms with Crippen LogP contribution in [0, 0.1) is 0 Å². The SMILES string of the molecule is O=c1c2ccc(OCc3cccc(O[B]O)c3)cc2sn1C1CCCC1. The van der Waals surface area contributed by atoms with Crippen molar-refractivity contribution in [1.82, 2.24) is 3.96 Å². The molecule has 0 unspecified atom stereocenters. The van der Waals surface area contributed by atoms with Crippen LogP contribution in [0.4, 0.5) is 0 Å². The highest BCUT2D eigenvalue weighted by Crippen LogP contribution is 2.33. The van der Waals surface area contributed by atoms with Crippen molar-refractivity contribution in [2.24, 2.45) is 0 Å². The summed E-state index contributed by atoms with van der Waals surface area (Å²) in [5.74, 6) is 1.29. The first-order valence-corrected chi connectivity index (χ1v) is 9.52. The van der Waals surface area contributed by atoms with Crippen LogP contribution in [0.25, 0.3) is 10.1 Å². The number of hydrogen-bond acceptors (Lipinski definition) is 5. The van der Waals surface area contributed by atoms with E-state index < -0.39 is 0 Å². The normalized spacial score (nSPS) is 14.7. The van der Waals surface area contributed by atoms with Crippen LogP contribution in [0.5, 0.6) is 11.5 Å². The van der Waals surface area contributed by atoms with E-state index in [1.807, 2.05) is 34.3 Å². The minimum atomic E-state index is 0.119. The highest BCUT2D eigenvalue weighted by Gasteiger charge is 2.21. The summed E-state index contributed by atoms with van der Waals surface area (Å²) in [6, 6.07) is 13.3. The van der Waals surface area contributed by atoms with E-state index in [1.165, 1.54) is 24.4 Å². The molecule has 1 aliphatic carbocycles. The van der Waals surface area contributed by atoms with Gasteiger partial charge < -0.3 is 14.4 Å². The lowest BCUT2D eigenvalue weighted by molar-refractivity contribution is 0.306. The summed E-state index contributed by atoms with van der Waals surface area (Å²) < 4.78 is 13.7. The first-order chi connectivity index (χ1) is 12.7. The van der Waals surface area contributed by atoms with E-state index in [2.05, 4.69) is 0 Å². The molecule has 4 rings (SSSR count). The molecule has 0 amide bonds. The first-order valence-electron chi connectivity index (χ1n) is 8.74. The molecule has 2 aromatic carbocycles. The average Bonchev–Trinajstić information content (AvgIpc) is 3.29. The van der Waals surface area contributed by atoms with Gasteiger partial charge in [-0.25, -0.2) is 0 Å². The highest BCUT2D eigenvalue weighted by atomic mass is 32.1. The second-order valence-corrected chi connectivity index (χ2v) is 7.49. The van der Waals surface area contributed by atoms with Crippen molar-refractivity contribution in [2.75, 3.05) is 0 Å². The third-order valence-corrected chi connectivity index (χ3v) is 5.92. The Balaban J connectivity index is 1.52. The van der Waals surface area contributed by atoms with Crippen LogP contribution in [0.15, 0.2) is 47.3 Å². The lowest BCUT2D eigenvalue weighted by Crippen LogP contribution is -2.16.